The number of non-ortho nitro benzene ring substituents is 1. The predicted molar refractivity (Wildman–Crippen MR) is 65.8 cm³/mol. The predicted octanol–water partition coefficient (Wildman–Crippen LogP) is 2.05. The van der Waals surface area contributed by atoms with Crippen molar-refractivity contribution < 1.29 is 19.3 Å². The zero-order valence-corrected chi connectivity index (χ0v) is 10.3. The number of nitro groups is 1. The van der Waals surface area contributed by atoms with Crippen molar-refractivity contribution in [2.75, 3.05) is 7.11 Å². The molecule has 0 aromatic heterocycles. The van der Waals surface area contributed by atoms with E-state index in [0.717, 1.165) is 10.6 Å². The van der Waals surface area contributed by atoms with Crippen LogP contribution in [-0.4, -0.2) is 28.7 Å². The highest BCUT2D eigenvalue weighted by atomic mass is 32.1. The van der Waals surface area contributed by atoms with E-state index in [1.165, 1.54) is 31.4 Å². The van der Waals surface area contributed by atoms with Crippen LogP contribution in [0.5, 0.6) is 0 Å². The Morgan fingerprint density at radius 1 is 1.50 bits per heavy atom. The summed E-state index contributed by atoms with van der Waals surface area (Å²) < 4.78 is 4.87. The Hall–Kier alpha value is -2.06. The first-order chi connectivity index (χ1) is 8.58. The van der Waals surface area contributed by atoms with E-state index in [-0.39, 0.29) is 12.3 Å². The highest BCUT2D eigenvalue weighted by Crippen LogP contribution is 2.12. The van der Waals surface area contributed by atoms with Gasteiger partial charge in [0.15, 0.2) is 0 Å². The van der Waals surface area contributed by atoms with Gasteiger partial charge in [0.1, 0.15) is 12.1 Å². The van der Waals surface area contributed by atoms with Gasteiger partial charge in [-0.05, 0) is 17.7 Å². The third kappa shape index (κ3) is 3.75. The highest BCUT2D eigenvalue weighted by Gasteiger charge is 2.12. The molecule has 0 unspecified atom stereocenters. The third-order valence-electron chi connectivity index (χ3n) is 1.98. The lowest BCUT2D eigenvalue weighted by atomic mass is 10.2. The van der Waals surface area contributed by atoms with Gasteiger partial charge in [0.2, 0.25) is 0 Å². The number of carbonyl (C=O) groups is 1. The quantitative estimate of drug-likeness (QED) is 0.462. The molecule has 0 spiro atoms. The van der Waals surface area contributed by atoms with Gasteiger partial charge in [-0.25, -0.2) is 4.79 Å². The van der Waals surface area contributed by atoms with E-state index >= 15 is 0 Å². The van der Waals surface area contributed by atoms with Crippen LogP contribution in [0.3, 0.4) is 0 Å². The van der Waals surface area contributed by atoms with Crippen molar-refractivity contribution in [1.29, 1.82) is 0 Å². The van der Waals surface area contributed by atoms with Crippen LogP contribution in [0.4, 0.5) is 10.5 Å². The molecule has 0 saturated heterocycles. The standard InChI is InChI=1S/C10H10N2O5S/c1-16-11(7-18)10(13)17-6-8-2-4-9(5-3-8)12(14)15/h2-5,7H,6H2,1H3. The number of hydrogen-bond donors (Lipinski definition) is 0. The molecular formula is C10H10N2O5S. The third-order valence-corrected chi connectivity index (χ3v) is 2.17. The number of nitro benzene ring substituents is 1. The van der Waals surface area contributed by atoms with Crippen molar-refractivity contribution in [2.45, 2.75) is 6.61 Å². The molecule has 0 N–H and O–H groups in total. The van der Waals surface area contributed by atoms with Gasteiger partial charge in [0, 0.05) is 12.1 Å². The van der Waals surface area contributed by atoms with Gasteiger partial charge in [-0.2, -0.15) is 0 Å². The van der Waals surface area contributed by atoms with E-state index in [9.17, 15) is 14.9 Å². The fourth-order valence-electron chi connectivity index (χ4n) is 1.08. The zero-order valence-electron chi connectivity index (χ0n) is 9.44. The number of benzene rings is 1. The second-order valence-electron chi connectivity index (χ2n) is 3.09. The molecular weight excluding hydrogens is 260 g/mol. The van der Waals surface area contributed by atoms with Crippen molar-refractivity contribution in [2.24, 2.45) is 0 Å². The van der Waals surface area contributed by atoms with Gasteiger partial charge in [-0.1, -0.05) is 12.2 Å². The summed E-state index contributed by atoms with van der Waals surface area (Å²) in [4.78, 5) is 25.9. The maximum Gasteiger partial charge on any atom is 0.439 e. The van der Waals surface area contributed by atoms with E-state index < -0.39 is 11.0 Å². The number of thiocarbonyl (C=S) groups is 1. The van der Waals surface area contributed by atoms with Gasteiger partial charge < -0.3 is 4.74 Å². The first kappa shape index (κ1) is 14.0. The highest BCUT2D eigenvalue weighted by molar-refractivity contribution is 7.78. The molecule has 1 aromatic rings. The van der Waals surface area contributed by atoms with Gasteiger partial charge in [0.05, 0.1) is 12.0 Å². The molecule has 7 nitrogen and oxygen atoms in total. The van der Waals surface area contributed by atoms with Crippen LogP contribution in [-0.2, 0) is 16.2 Å². The Kier molecular flexibility index (Phi) is 5.15. The van der Waals surface area contributed by atoms with E-state index in [0.29, 0.717) is 5.56 Å². The molecule has 0 bridgehead atoms. The molecule has 1 amide bonds. The summed E-state index contributed by atoms with van der Waals surface area (Å²) in [7, 11) is 1.27. The van der Waals surface area contributed by atoms with Gasteiger partial charge in [0.25, 0.3) is 5.69 Å². The Balaban J connectivity index is 2.56. The molecule has 0 fully saturated rings. The monoisotopic (exact) mass is 270 g/mol. The van der Waals surface area contributed by atoms with E-state index in [1.807, 2.05) is 0 Å². The summed E-state index contributed by atoms with van der Waals surface area (Å²) in [6.07, 6.45) is -0.758. The van der Waals surface area contributed by atoms with E-state index in [4.69, 9.17) is 4.74 Å². The minimum atomic E-state index is -0.758. The molecule has 0 aliphatic carbocycles. The minimum absolute atomic E-state index is 0.0255. The lowest BCUT2D eigenvalue weighted by molar-refractivity contribution is -0.384. The Morgan fingerprint density at radius 3 is 2.56 bits per heavy atom. The minimum Gasteiger partial charge on any atom is -0.443 e. The van der Waals surface area contributed by atoms with E-state index in [1.54, 1.807) is 0 Å². The van der Waals surface area contributed by atoms with Gasteiger partial charge in [-0.15, -0.1) is 5.06 Å². The van der Waals surface area contributed by atoms with Crippen LogP contribution in [0.1, 0.15) is 5.56 Å². The Morgan fingerprint density at radius 2 is 2.11 bits per heavy atom. The van der Waals surface area contributed by atoms with Crippen molar-refractivity contribution in [3.8, 4) is 0 Å². The van der Waals surface area contributed by atoms with Crippen LogP contribution >= 0.6 is 12.2 Å². The Bertz CT molecular complexity index is 448. The smallest absolute Gasteiger partial charge is 0.439 e. The summed E-state index contributed by atoms with van der Waals surface area (Å²) in [6.45, 7) is -0.0279. The summed E-state index contributed by atoms with van der Waals surface area (Å²) >= 11 is 4.53. The molecule has 8 heteroatoms. The fraction of sp³-hybridized carbons (Fsp3) is 0.200. The summed E-state index contributed by atoms with van der Waals surface area (Å²) in [6, 6.07) is 5.66. The molecule has 0 aliphatic heterocycles. The molecule has 0 aliphatic rings. The number of ether oxygens (including phenoxy) is 1. The maximum absolute atomic E-state index is 11.3. The Labute approximate surface area is 108 Å². The normalized spacial score (nSPS) is 9.61. The van der Waals surface area contributed by atoms with Gasteiger partial charge >= 0.3 is 6.09 Å². The van der Waals surface area contributed by atoms with Crippen LogP contribution in [0.2, 0.25) is 0 Å². The second-order valence-corrected chi connectivity index (χ2v) is 3.30. The molecule has 96 valence electrons. The summed E-state index contributed by atoms with van der Waals surface area (Å²) in [5, 5.41) is 11.2. The maximum atomic E-state index is 11.3. The van der Waals surface area contributed by atoms with Crippen LogP contribution in [0.15, 0.2) is 24.3 Å². The molecule has 0 radical (unpaired) electrons. The average molecular weight is 270 g/mol. The fourth-order valence-corrected chi connectivity index (χ4v) is 1.26. The lowest BCUT2D eigenvalue weighted by Crippen LogP contribution is -2.28. The molecule has 0 saturated carbocycles. The first-order valence-electron chi connectivity index (χ1n) is 4.77. The van der Waals surface area contributed by atoms with Crippen molar-refractivity contribution in [3.05, 3.63) is 39.9 Å². The number of hydroxylamine groups is 2. The average Bonchev–Trinajstić information content (AvgIpc) is 2.38. The van der Waals surface area contributed by atoms with Crippen molar-refractivity contribution in [3.63, 3.8) is 0 Å². The van der Waals surface area contributed by atoms with Crippen LogP contribution < -0.4 is 0 Å². The first-order valence-corrected chi connectivity index (χ1v) is 5.24. The number of hydrogen-bond acceptors (Lipinski definition) is 6. The molecule has 1 aromatic carbocycles. The summed E-state index contributed by atoms with van der Waals surface area (Å²) in [5.41, 5.74) is 1.59. The molecule has 18 heavy (non-hydrogen) atoms. The number of amides is 1. The number of rotatable bonds is 5. The van der Waals surface area contributed by atoms with Crippen LogP contribution in [0.25, 0.3) is 0 Å². The second kappa shape index (κ2) is 6.62. The van der Waals surface area contributed by atoms with E-state index in [2.05, 4.69) is 17.1 Å². The van der Waals surface area contributed by atoms with Crippen molar-refractivity contribution >= 4 is 29.5 Å². The topological polar surface area (TPSA) is 81.9 Å². The zero-order chi connectivity index (χ0) is 13.5. The van der Waals surface area contributed by atoms with Gasteiger partial charge in [-0.3, -0.25) is 15.0 Å². The molecule has 1 rings (SSSR count). The van der Waals surface area contributed by atoms with Crippen LogP contribution in [0, 0.1) is 10.1 Å². The van der Waals surface area contributed by atoms with Crippen molar-refractivity contribution in [1.82, 2.24) is 5.06 Å². The largest absolute Gasteiger partial charge is 0.443 e. The molecule has 0 atom stereocenters. The number of carbonyl (C=O) groups excluding carboxylic acids is 1. The SMILES string of the molecule is CON(C=S)C(=O)OCc1ccc([N+](=O)[O-])cc1. The number of nitrogens with zero attached hydrogens (tertiary/aromatic N) is 2. The summed E-state index contributed by atoms with van der Waals surface area (Å²) in [5.74, 6) is 0. The molecule has 0 heterocycles. The lowest BCUT2D eigenvalue weighted by Gasteiger charge is -2.13.